The van der Waals surface area contributed by atoms with E-state index < -0.39 is 5.60 Å². The SMILES string of the molecule is CCCOC1(C(=O)Nc2ccc(OCCCN(C)C)cc2)CCCCC1. The van der Waals surface area contributed by atoms with Crippen molar-refractivity contribution in [1.29, 1.82) is 0 Å². The number of ether oxygens (including phenoxy) is 2. The molecular formula is C21H34N2O3. The minimum absolute atomic E-state index is 0.00898. The molecule has 0 aliphatic heterocycles. The first-order chi connectivity index (χ1) is 12.6. The predicted molar refractivity (Wildman–Crippen MR) is 106 cm³/mol. The molecule has 26 heavy (non-hydrogen) atoms. The molecule has 0 bridgehead atoms. The molecule has 1 aliphatic carbocycles. The number of rotatable bonds is 10. The number of amides is 1. The van der Waals surface area contributed by atoms with Crippen LogP contribution in [0.5, 0.6) is 5.75 Å². The molecule has 1 N–H and O–H groups in total. The van der Waals surface area contributed by atoms with Crippen LogP contribution in [0.15, 0.2) is 24.3 Å². The summed E-state index contributed by atoms with van der Waals surface area (Å²) < 4.78 is 11.8. The maximum Gasteiger partial charge on any atom is 0.256 e. The van der Waals surface area contributed by atoms with Gasteiger partial charge in [0.05, 0.1) is 6.61 Å². The minimum atomic E-state index is -0.657. The van der Waals surface area contributed by atoms with E-state index in [9.17, 15) is 4.79 Å². The van der Waals surface area contributed by atoms with Gasteiger partial charge in [-0.1, -0.05) is 26.2 Å². The first kappa shape index (κ1) is 20.7. The van der Waals surface area contributed by atoms with E-state index in [-0.39, 0.29) is 5.91 Å². The molecule has 0 atom stereocenters. The number of hydrogen-bond acceptors (Lipinski definition) is 4. The van der Waals surface area contributed by atoms with E-state index in [1.165, 1.54) is 6.42 Å². The van der Waals surface area contributed by atoms with Gasteiger partial charge in [0.15, 0.2) is 0 Å². The summed E-state index contributed by atoms with van der Waals surface area (Å²) in [5.74, 6) is 0.821. The van der Waals surface area contributed by atoms with Crippen molar-refractivity contribution in [2.24, 2.45) is 0 Å². The Morgan fingerprint density at radius 3 is 2.42 bits per heavy atom. The maximum absolute atomic E-state index is 12.9. The van der Waals surface area contributed by atoms with Gasteiger partial charge in [-0.15, -0.1) is 0 Å². The second-order valence-corrected chi connectivity index (χ2v) is 7.39. The number of anilines is 1. The smallest absolute Gasteiger partial charge is 0.256 e. The van der Waals surface area contributed by atoms with E-state index >= 15 is 0 Å². The predicted octanol–water partition coefficient (Wildman–Crippen LogP) is 4.09. The molecule has 0 heterocycles. The zero-order valence-corrected chi connectivity index (χ0v) is 16.6. The van der Waals surface area contributed by atoms with E-state index in [0.29, 0.717) is 13.2 Å². The highest BCUT2D eigenvalue weighted by atomic mass is 16.5. The van der Waals surface area contributed by atoms with Gasteiger partial charge in [0, 0.05) is 18.8 Å². The van der Waals surface area contributed by atoms with Crippen molar-refractivity contribution in [3.8, 4) is 5.75 Å². The average molecular weight is 363 g/mol. The number of carbonyl (C=O) groups is 1. The Kier molecular flexibility index (Phi) is 8.39. The van der Waals surface area contributed by atoms with Crippen LogP contribution in [0.2, 0.25) is 0 Å². The summed E-state index contributed by atoms with van der Waals surface area (Å²) in [4.78, 5) is 15.0. The van der Waals surface area contributed by atoms with E-state index in [1.54, 1.807) is 0 Å². The van der Waals surface area contributed by atoms with Gasteiger partial charge in [-0.2, -0.15) is 0 Å². The zero-order valence-electron chi connectivity index (χ0n) is 16.6. The molecule has 5 nitrogen and oxygen atoms in total. The van der Waals surface area contributed by atoms with E-state index in [0.717, 1.165) is 56.5 Å². The number of carbonyl (C=O) groups excluding carboxylic acids is 1. The van der Waals surface area contributed by atoms with Gasteiger partial charge in [-0.3, -0.25) is 4.79 Å². The summed E-state index contributed by atoms with van der Waals surface area (Å²) in [5, 5.41) is 3.04. The van der Waals surface area contributed by atoms with Crippen LogP contribution in [0.1, 0.15) is 51.9 Å². The fraction of sp³-hybridized carbons (Fsp3) is 0.667. The van der Waals surface area contributed by atoms with Gasteiger partial charge >= 0.3 is 0 Å². The molecule has 0 spiro atoms. The fourth-order valence-electron chi connectivity index (χ4n) is 3.31. The van der Waals surface area contributed by atoms with Crippen molar-refractivity contribution in [1.82, 2.24) is 4.90 Å². The first-order valence-corrected chi connectivity index (χ1v) is 9.89. The van der Waals surface area contributed by atoms with Crippen LogP contribution < -0.4 is 10.1 Å². The van der Waals surface area contributed by atoms with Crippen molar-refractivity contribution in [2.75, 3.05) is 39.2 Å². The highest BCUT2D eigenvalue weighted by Crippen LogP contribution is 2.33. The summed E-state index contributed by atoms with van der Waals surface area (Å²) in [6.45, 7) is 4.41. The lowest BCUT2D eigenvalue weighted by Gasteiger charge is -2.35. The third-order valence-electron chi connectivity index (χ3n) is 4.79. The standard InChI is InChI=1S/C21H34N2O3/c1-4-16-26-21(13-6-5-7-14-21)20(24)22-18-9-11-19(12-10-18)25-17-8-15-23(2)3/h9-12H,4-8,13-17H2,1-3H3,(H,22,24). The monoisotopic (exact) mass is 362 g/mol. The Morgan fingerprint density at radius 2 is 1.81 bits per heavy atom. The highest BCUT2D eigenvalue weighted by molar-refractivity contribution is 5.97. The van der Waals surface area contributed by atoms with Crippen LogP contribution in [-0.2, 0) is 9.53 Å². The zero-order chi connectivity index (χ0) is 18.8. The molecule has 1 aromatic carbocycles. The summed E-state index contributed by atoms with van der Waals surface area (Å²) in [7, 11) is 4.11. The second kappa shape index (κ2) is 10.5. The molecule has 1 amide bonds. The maximum atomic E-state index is 12.9. The first-order valence-electron chi connectivity index (χ1n) is 9.89. The molecule has 5 heteroatoms. The molecule has 1 fully saturated rings. The van der Waals surface area contributed by atoms with E-state index in [2.05, 4.69) is 31.2 Å². The number of nitrogens with one attached hydrogen (secondary N) is 1. The van der Waals surface area contributed by atoms with E-state index in [1.807, 2.05) is 24.3 Å². The summed E-state index contributed by atoms with van der Waals surface area (Å²) in [5.41, 5.74) is 0.135. The third kappa shape index (κ3) is 6.29. The molecule has 0 saturated heterocycles. The van der Waals surface area contributed by atoms with Crippen LogP contribution in [0.3, 0.4) is 0 Å². The van der Waals surface area contributed by atoms with Gasteiger partial charge in [0.1, 0.15) is 11.4 Å². The van der Waals surface area contributed by atoms with Crippen LogP contribution in [-0.4, -0.2) is 50.3 Å². The molecule has 1 saturated carbocycles. The van der Waals surface area contributed by atoms with Crippen LogP contribution >= 0.6 is 0 Å². The van der Waals surface area contributed by atoms with Crippen molar-refractivity contribution in [3.63, 3.8) is 0 Å². The molecule has 2 rings (SSSR count). The average Bonchev–Trinajstić information content (AvgIpc) is 2.65. The Labute approximate surface area is 158 Å². The largest absolute Gasteiger partial charge is 0.494 e. The minimum Gasteiger partial charge on any atom is -0.494 e. The van der Waals surface area contributed by atoms with Gasteiger partial charge < -0.3 is 19.7 Å². The molecule has 1 aromatic rings. The number of benzene rings is 1. The number of nitrogens with zero attached hydrogens (tertiary/aromatic N) is 1. The summed E-state index contributed by atoms with van der Waals surface area (Å²) in [6, 6.07) is 7.61. The van der Waals surface area contributed by atoms with Crippen molar-refractivity contribution in [2.45, 2.75) is 57.5 Å². The van der Waals surface area contributed by atoms with Crippen LogP contribution in [0.25, 0.3) is 0 Å². The molecule has 0 aromatic heterocycles. The molecule has 1 aliphatic rings. The van der Waals surface area contributed by atoms with Crippen molar-refractivity contribution < 1.29 is 14.3 Å². The quantitative estimate of drug-likeness (QED) is 0.637. The van der Waals surface area contributed by atoms with Crippen LogP contribution in [0.4, 0.5) is 5.69 Å². The third-order valence-corrected chi connectivity index (χ3v) is 4.79. The Morgan fingerprint density at radius 1 is 1.12 bits per heavy atom. The Bertz CT molecular complexity index is 537. The van der Waals surface area contributed by atoms with E-state index in [4.69, 9.17) is 9.47 Å². The lowest BCUT2D eigenvalue weighted by Crippen LogP contribution is -2.47. The van der Waals surface area contributed by atoms with Gasteiger partial charge in [0.2, 0.25) is 0 Å². The van der Waals surface area contributed by atoms with Gasteiger partial charge in [-0.05, 0) is 64.0 Å². The lowest BCUT2D eigenvalue weighted by molar-refractivity contribution is -0.146. The Balaban J connectivity index is 1.88. The summed E-state index contributed by atoms with van der Waals surface area (Å²) in [6.07, 6.45) is 6.83. The van der Waals surface area contributed by atoms with Crippen LogP contribution in [0, 0.1) is 0 Å². The molecule has 0 radical (unpaired) electrons. The highest BCUT2D eigenvalue weighted by Gasteiger charge is 2.40. The van der Waals surface area contributed by atoms with Gasteiger partial charge in [0.25, 0.3) is 5.91 Å². The van der Waals surface area contributed by atoms with Crippen molar-refractivity contribution >= 4 is 11.6 Å². The fourth-order valence-corrected chi connectivity index (χ4v) is 3.31. The molecule has 146 valence electrons. The number of hydrogen-bond donors (Lipinski definition) is 1. The second-order valence-electron chi connectivity index (χ2n) is 7.39. The summed E-state index contributed by atoms with van der Waals surface area (Å²) >= 11 is 0. The molecule has 0 unspecified atom stereocenters. The van der Waals surface area contributed by atoms with Gasteiger partial charge in [-0.25, -0.2) is 0 Å². The molecular weight excluding hydrogens is 328 g/mol. The normalized spacial score (nSPS) is 16.5. The lowest BCUT2D eigenvalue weighted by atomic mass is 9.83. The van der Waals surface area contributed by atoms with Crippen molar-refractivity contribution in [3.05, 3.63) is 24.3 Å². The topological polar surface area (TPSA) is 50.8 Å². The Hall–Kier alpha value is -1.59.